The second-order valence-corrected chi connectivity index (χ2v) is 4.06. The van der Waals surface area contributed by atoms with E-state index >= 15 is 0 Å². The second kappa shape index (κ2) is 4.38. The van der Waals surface area contributed by atoms with E-state index in [1.165, 1.54) is 0 Å². The van der Waals surface area contributed by atoms with Crippen LogP contribution in [0.25, 0.3) is 0 Å². The van der Waals surface area contributed by atoms with E-state index in [-0.39, 0.29) is 17.8 Å². The minimum absolute atomic E-state index is 0.135. The molecule has 16 heavy (non-hydrogen) atoms. The molecule has 5 nitrogen and oxygen atoms in total. The number of carbonyl (C=O) groups is 1. The Kier molecular flexibility index (Phi) is 2.94. The van der Waals surface area contributed by atoms with Gasteiger partial charge in [-0.05, 0) is 26.2 Å². The van der Waals surface area contributed by atoms with Crippen LogP contribution in [-0.2, 0) is 0 Å². The summed E-state index contributed by atoms with van der Waals surface area (Å²) < 4.78 is 0. The highest BCUT2D eigenvalue weighted by Crippen LogP contribution is 2.15. The summed E-state index contributed by atoms with van der Waals surface area (Å²) in [6.45, 7) is 1.79. The third-order valence-electron chi connectivity index (χ3n) is 2.81. The number of rotatable bonds is 2. The average molecular weight is 220 g/mol. The number of nitrogens with two attached hydrogens (primary N) is 1. The second-order valence-electron chi connectivity index (χ2n) is 4.06. The molecular formula is C11H16N4O. The Morgan fingerprint density at radius 3 is 3.00 bits per heavy atom. The molecule has 0 saturated heterocycles. The highest BCUT2D eigenvalue weighted by atomic mass is 16.1. The number of H-pyrrole nitrogens is 1. The lowest BCUT2D eigenvalue weighted by molar-refractivity contribution is 0.0935. The van der Waals surface area contributed by atoms with Gasteiger partial charge in [-0.25, -0.2) is 0 Å². The van der Waals surface area contributed by atoms with Gasteiger partial charge in [0.05, 0.1) is 0 Å². The Bertz CT molecular complexity index is 402. The number of hydrogen-bond donors (Lipinski definition) is 3. The molecule has 1 aromatic heterocycles. The van der Waals surface area contributed by atoms with E-state index in [4.69, 9.17) is 5.73 Å². The SMILES string of the molecule is Cc1[nH]nc(N)c1C(=O)NC1CC=CCC1. The van der Waals surface area contributed by atoms with Crippen LogP contribution in [-0.4, -0.2) is 22.1 Å². The number of hydrogen-bond acceptors (Lipinski definition) is 3. The fourth-order valence-corrected chi connectivity index (χ4v) is 1.92. The van der Waals surface area contributed by atoms with Gasteiger partial charge in [-0.15, -0.1) is 0 Å². The van der Waals surface area contributed by atoms with Gasteiger partial charge >= 0.3 is 0 Å². The predicted molar refractivity (Wildman–Crippen MR) is 62.0 cm³/mol. The topological polar surface area (TPSA) is 83.8 Å². The molecule has 86 valence electrons. The van der Waals surface area contributed by atoms with Crippen molar-refractivity contribution in [3.05, 3.63) is 23.4 Å². The normalized spacial score (nSPS) is 19.7. The molecular weight excluding hydrogens is 204 g/mol. The van der Waals surface area contributed by atoms with Crippen LogP contribution in [0.15, 0.2) is 12.2 Å². The molecule has 5 heteroatoms. The number of aromatic amines is 1. The number of aryl methyl sites for hydroxylation is 1. The van der Waals surface area contributed by atoms with Crippen LogP contribution in [0.1, 0.15) is 35.3 Å². The van der Waals surface area contributed by atoms with Gasteiger partial charge in [-0.1, -0.05) is 12.2 Å². The van der Waals surface area contributed by atoms with Crippen LogP contribution >= 0.6 is 0 Å². The van der Waals surface area contributed by atoms with E-state index in [1.54, 1.807) is 6.92 Å². The summed E-state index contributed by atoms with van der Waals surface area (Å²) in [6.07, 6.45) is 7.13. The molecule has 0 bridgehead atoms. The van der Waals surface area contributed by atoms with Crippen molar-refractivity contribution in [3.8, 4) is 0 Å². The molecule has 1 aromatic rings. The summed E-state index contributed by atoms with van der Waals surface area (Å²) in [6, 6.07) is 0.214. The standard InChI is InChI=1S/C11H16N4O/c1-7-9(10(12)15-14-7)11(16)13-8-5-3-2-4-6-8/h2-3,8H,4-6H2,1H3,(H,13,16)(H3,12,14,15). The van der Waals surface area contributed by atoms with Gasteiger partial charge in [0.15, 0.2) is 5.82 Å². The highest BCUT2D eigenvalue weighted by Gasteiger charge is 2.19. The molecule has 0 fully saturated rings. The zero-order valence-electron chi connectivity index (χ0n) is 9.29. The Morgan fingerprint density at radius 2 is 2.44 bits per heavy atom. The summed E-state index contributed by atoms with van der Waals surface area (Å²) in [5.41, 5.74) is 6.81. The molecule has 1 heterocycles. The molecule has 1 unspecified atom stereocenters. The van der Waals surface area contributed by atoms with E-state index < -0.39 is 0 Å². The first-order valence-corrected chi connectivity index (χ1v) is 5.45. The summed E-state index contributed by atoms with van der Waals surface area (Å²) in [7, 11) is 0. The van der Waals surface area contributed by atoms with E-state index in [0.717, 1.165) is 19.3 Å². The van der Waals surface area contributed by atoms with Crippen molar-refractivity contribution < 1.29 is 4.79 Å². The lowest BCUT2D eigenvalue weighted by Crippen LogP contribution is -2.35. The maximum Gasteiger partial charge on any atom is 0.257 e. The number of carbonyl (C=O) groups excluding carboxylic acids is 1. The molecule has 2 rings (SSSR count). The molecule has 1 amide bonds. The molecule has 0 spiro atoms. The molecule has 0 aliphatic heterocycles. The summed E-state index contributed by atoms with van der Waals surface area (Å²) >= 11 is 0. The Morgan fingerprint density at radius 1 is 1.62 bits per heavy atom. The number of nitrogen functional groups attached to an aromatic ring is 1. The van der Waals surface area contributed by atoms with Crippen LogP contribution in [0.5, 0.6) is 0 Å². The van der Waals surface area contributed by atoms with Crippen molar-refractivity contribution >= 4 is 11.7 Å². The van der Waals surface area contributed by atoms with Gasteiger partial charge in [0, 0.05) is 11.7 Å². The fourth-order valence-electron chi connectivity index (χ4n) is 1.92. The fraction of sp³-hybridized carbons (Fsp3) is 0.455. The first-order valence-electron chi connectivity index (χ1n) is 5.45. The highest BCUT2D eigenvalue weighted by molar-refractivity contribution is 5.99. The molecule has 1 aliphatic rings. The molecule has 0 aromatic carbocycles. The van der Waals surface area contributed by atoms with Crippen LogP contribution in [0.2, 0.25) is 0 Å². The van der Waals surface area contributed by atoms with Crippen molar-refractivity contribution in [2.24, 2.45) is 0 Å². The maximum atomic E-state index is 11.9. The van der Waals surface area contributed by atoms with Gasteiger partial charge in [0.25, 0.3) is 5.91 Å². The maximum absolute atomic E-state index is 11.9. The van der Waals surface area contributed by atoms with E-state index in [2.05, 4.69) is 27.7 Å². The predicted octanol–water partition coefficient (Wildman–Crippen LogP) is 1.14. The van der Waals surface area contributed by atoms with Gasteiger partial charge in [-0.3, -0.25) is 9.89 Å². The number of aromatic nitrogens is 2. The van der Waals surface area contributed by atoms with Crippen molar-refractivity contribution in [3.63, 3.8) is 0 Å². The van der Waals surface area contributed by atoms with Gasteiger partial charge in [0.2, 0.25) is 0 Å². The first-order chi connectivity index (χ1) is 7.68. The quantitative estimate of drug-likeness (QED) is 0.653. The Hall–Kier alpha value is -1.78. The van der Waals surface area contributed by atoms with Crippen molar-refractivity contribution in [2.45, 2.75) is 32.2 Å². The Balaban J connectivity index is 2.05. The van der Waals surface area contributed by atoms with Gasteiger partial charge in [-0.2, -0.15) is 5.10 Å². The number of allylic oxidation sites excluding steroid dienone is 1. The minimum Gasteiger partial charge on any atom is -0.382 e. The third-order valence-corrected chi connectivity index (χ3v) is 2.81. The molecule has 1 atom stereocenters. The number of amides is 1. The zero-order chi connectivity index (χ0) is 11.5. The van der Waals surface area contributed by atoms with Gasteiger partial charge in [0.1, 0.15) is 5.56 Å². The first kappa shape index (κ1) is 10.7. The monoisotopic (exact) mass is 220 g/mol. The lowest BCUT2D eigenvalue weighted by Gasteiger charge is -2.19. The molecule has 1 aliphatic carbocycles. The van der Waals surface area contributed by atoms with E-state index in [1.807, 2.05) is 0 Å². The Labute approximate surface area is 94.1 Å². The van der Waals surface area contributed by atoms with Crippen LogP contribution < -0.4 is 11.1 Å². The van der Waals surface area contributed by atoms with Crippen molar-refractivity contribution in [1.82, 2.24) is 15.5 Å². The average Bonchev–Trinajstić information content (AvgIpc) is 2.60. The summed E-state index contributed by atoms with van der Waals surface area (Å²) in [5.74, 6) is 0.130. The van der Waals surface area contributed by atoms with Crippen LogP contribution in [0, 0.1) is 6.92 Å². The minimum atomic E-state index is -0.135. The van der Waals surface area contributed by atoms with Crippen LogP contribution in [0.3, 0.4) is 0 Å². The zero-order valence-corrected chi connectivity index (χ0v) is 9.29. The molecule has 4 N–H and O–H groups in total. The summed E-state index contributed by atoms with van der Waals surface area (Å²) in [5, 5.41) is 9.49. The van der Waals surface area contributed by atoms with E-state index in [9.17, 15) is 4.79 Å². The molecule has 0 radical (unpaired) electrons. The molecule has 0 saturated carbocycles. The lowest BCUT2D eigenvalue weighted by atomic mass is 10.0. The number of nitrogens with zero attached hydrogens (tertiary/aromatic N) is 1. The number of anilines is 1. The van der Waals surface area contributed by atoms with Crippen molar-refractivity contribution in [2.75, 3.05) is 5.73 Å². The van der Waals surface area contributed by atoms with Crippen LogP contribution in [0.4, 0.5) is 5.82 Å². The van der Waals surface area contributed by atoms with Crippen molar-refractivity contribution in [1.29, 1.82) is 0 Å². The third kappa shape index (κ3) is 2.08. The largest absolute Gasteiger partial charge is 0.382 e. The smallest absolute Gasteiger partial charge is 0.257 e. The van der Waals surface area contributed by atoms with Gasteiger partial charge < -0.3 is 11.1 Å². The number of nitrogens with one attached hydrogen (secondary N) is 2. The van der Waals surface area contributed by atoms with E-state index in [0.29, 0.717) is 11.3 Å². The summed E-state index contributed by atoms with van der Waals surface area (Å²) in [4.78, 5) is 11.9.